The summed E-state index contributed by atoms with van der Waals surface area (Å²) < 4.78 is 7.52. The van der Waals surface area contributed by atoms with Gasteiger partial charge in [-0.25, -0.2) is 0 Å². The molecule has 4 aromatic rings. The van der Waals surface area contributed by atoms with Crippen LogP contribution in [-0.4, -0.2) is 33.0 Å². The smallest absolute Gasteiger partial charge is 0.233 e. The van der Waals surface area contributed by atoms with Crippen LogP contribution in [0.2, 0.25) is 5.02 Å². The highest BCUT2D eigenvalue weighted by Crippen LogP contribution is 2.35. The SMILES string of the molecule is COc1ccccc1-n1c(SC(C)C(=O)NCc2ccc(Cl)cc2)nnc1-c1cccs1. The molecule has 1 unspecified atom stereocenters. The number of nitrogens with one attached hydrogen (secondary N) is 1. The van der Waals surface area contributed by atoms with Gasteiger partial charge in [-0.05, 0) is 48.2 Å². The summed E-state index contributed by atoms with van der Waals surface area (Å²) in [4.78, 5) is 13.7. The van der Waals surface area contributed by atoms with E-state index < -0.39 is 0 Å². The van der Waals surface area contributed by atoms with Gasteiger partial charge in [0, 0.05) is 11.6 Å². The van der Waals surface area contributed by atoms with Gasteiger partial charge in [0.2, 0.25) is 5.91 Å². The number of halogens is 1. The number of methoxy groups -OCH3 is 1. The molecule has 0 radical (unpaired) electrons. The van der Waals surface area contributed by atoms with Crippen molar-refractivity contribution in [1.82, 2.24) is 20.1 Å². The number of rotatable bonds is 8. The number of amides is 1. The first-order chi connectivity index (χ1) is 15.6. The lowest BCUT2D eigenvalue weighted by Gasteiger charge is -2.15. The highest BCUT2D eigenvalue weighted by atomic mass is 35.5. The zero-order valence-corrected chi connectivity index (χ0v) is 19.9. The molecule has 0 aliphatic heterocycles. The monoisotopic (exact) mass is 484 g/mol. The lowest BCUT2D eigenvalue weighted by atomic mass is 10.2. The largest absolute Gasteiger partial charge is 0.495 e. The normalized spacial score (nSPS) is 11.8. The fourth-order valence-corrected chi connectivity index (χ4v) is 4.80. The third-order valence-electron chi connectivity index (χ3n) is 4.73. The number of thiophene rings is 1. The summed E-state index contributed by atoms with van der Waals surface area (Å²) in [5.41, 5.74) is 1.80. The molecule has 2 aromatic carbocycles. The molecule has 164 valence electrons. The topological polar surface area (TPSA) is 69.0 Å². The Kier molecular flexibility index (Phi) is 7.14. The number of carbonyl (C=O) groups excluding carboxylic acids is 1. The summed E-state index contributed by atoms with van der Waals surface area (Å²) in [5, 5.41) is 14.7. The average Bonchev–Trinajstić information content (AvgIpc) is 3.48. The Bertz CT molecular complexity index is 1190. The molecular formula is C23H21ClN4O2S2. The van der Waals surface area contributed by atoms with Crippen molar-refractivity contribution in [2.75, 3.05) is 7.11 Å². The van der Waals surface area contributed by atoms with E-state index in [1.54, 1.807) is 18.4 Å². The molecule has 0 aliphatic carbocycles. The average molecular weight is 485 g/mol. The number of nitrogens with zero attached hydrogens (tertiary/aromatic N) is 3. The van der Waals surface area contributed by atoms with Crippen molar-refractivity contribution in [1.29, 1.82) is 0 Å². The number of hydrogen-bond donors (Lipinski definition) is 1. The maximum Gasteiger partial charge on any atom is 0.233 e. The summed E-state index contributed by atoms with van der Waals surface area (Å²) in [7, 11) is 1.63. The predicted octanol–water partition coefficient (Wildman–Crippen LogP) is 5.45. The fourth-order valence-electron chi connectivity index (χ4n) is 3.09. The number of aromatic nitrogens is 3. The second-order valence-corrected chi connectivity index (χ2v) is 9.59. The summed E-state index contributed by atoms with van der Waals surface area (Å²) in [6, 6.07) is 19.1. The summed E-state index contributed by atoms with van der Waals surface area (Å²) in [6.45, 7) is 2.29. The second-order valence-electron chi connectivity index (χ2n) is 6.90. The molecule has 6 nitrogen and oxygen atoms in total. The number of ether oxygens (including phenoxy) is 1. The highest BCUT2D eigenvalue weighted by molar-refractivity contribution is 8.00. The van der Waals surface area contributed by atoms with E-state index in [1.807, 2.05) is 77.5 Å². The van der Waals surface area contributed by atoms with Crippen LogP contribution in [0.25, 0.3) is 16.4 Å². The van der Waals surface area contributed by atoms with Crippen molar-refractivity contribution in [3.63, 3.8) is 0 Å². The van der Waals surface area contributed by atoms with Gasteiger partial charge in [0.25, 0.3) is 0 Å². The van der Waals surface area contributed by atoms with Gasteiger partial charge in [-0.2, -0.15) is 0 Å². The van der Waals surface area contributed by atoms with Crippen LogP contribution >= 0.6 is 34.7 Å². The molecule has 4 rings (SSSR count). The van der Waals surface area contributed by atoms with Crippen molar-refractivity contribution >= 4 is 40.6 Å². The number of thioether (sulfide) groups is 1. The quantitative estimate of drug-likeness (QED) is 0.336. The Morgan fingerprint density at radius 3 is 2.66 bits per heavy atom. The van der Waals surface area contributed by atoms with E-state index in [9.17, 15) is 4.79 Å². The predicted molar refractivity (Wildman–Crippen MR) is 130 cm³/mol. The maximum absolute atomic E-state index is 12.8. The Morgan fingerprint density at radius 2 is 1.94 bits per heavy atom. The molecular weight excluding hydrogens is 464 g/mol. The van der Waals surface area contributed by atoms with E-state index >= 15 is 0 Å². The van der Waals surface area contributed by atoms with E-state index in [0.29, 0.717) is 28.3 Å². The molecule has 1 amide bonds. The van der Waals surface area contributed by atoms with Crippen molar-refractivity contribution in [3.8, 4) is 22.1 Å². The van der Waals surface area contributed by atoms with E-state index in [4.69, 9.17) is 16.3 Å². The van der Waals surface area contributed by atoms with Crippen molar-refractivity contribution < 1.29 is 9.53 Å². The lowest BCUT2D eigenvalue weighted by Crippen LogP contribution is -2.30. The number of carbonyl (C=O) groups is 1. The van der Waals surface area contributed by atoms with E-state index in [-0.39, 0.29) is 11.2 Å². The minimum atomic E-state index is -0.379. The first-order valence-electron chi connectivity index (χ1n) is 9.88. The van der Waals surface area contributed by atoms with Crippen molar-refractivity contribution in [2.45, 2.75) is 23.9 Å². The summed E-state index contributed by atoms with van der Waals surface area (Å²) >= 11 is 8.86. The second kappa shape index (κ2) is 10.2. The van der Waals surface area contributed by atoms with Gasteiger partial charge < -0.3 is 10.1 Å². The highest BCUT2D eigenvalue weighted by Gasteiger charge is 2.23. The third-order valence-corrected chi connectivity index (χ3v) is 6.89. The number of para-hydroxylation sites is 2. The van der Waals surface area contributed by atoms with Crippen LogP contribution in [0.3, 0.4) is 0 Å². The Labute approximate surface area is 199 Å². The van der Waals surface area contributed by atoms with E-state index in [1.165, 1.54) is 11.8 Å². The molecule has 1 atom stereocenters. The first-order valence-corrected chi connectivity index (χ1v) is 12.0. The molecule has 0 bridgehead atoms. The van der Waals surface area contributed by atoms with E-state index in [0.717, 1.165) is 16.1 Å². The minimum absolute atomic E-state index is 0.0859. The molecule has 0 saturated carbocycles. The molecule has 0 saturated heterocycles. The fraction of sp³-hybridized carbons (Fsp3) is 0.174. The Hall–Kier alpha value is -2.81. The van der Waals surface area contributed by atoms with Gasteiger partial charge in [0.15, 0.2) is 11.0 Å². The van der Waals surface area contributed by atoms with Crippen LogP contribution in [0.5, 0.6) is 5.75 Å². The van der Waals surface area contributed by atoms with Gasteiger partial charge in [0.1, 0.15) is 5.75 Å². The molecule has 9 heteroatoms. The molecule has 0 aliphatic rings. The summed E-state index contributed by atoms with van der Waals surface area (Å²) in [6.07, 6.45) is 0. The van der Waals surface area contributed by atoms with Gasteiger partial charge in [-0.15, -0.1) is 21.5 Å². The molecule has 32 heavy (non-hydrogen) atoms. The van der Waals surface area contributed by atoms with Crippen LogP contribution in [0.4, 0.5) is 0 Å². The summed E-state index contributed by atoms with van der Waals surface area (Å²) in [5.74, 6) is 1.32. The van der Waals surface area contributed by atoms with Crippen LogP contribution in [0.1, 0.15) is 12.5 Å². The lowest BCUT2D eigenvalue weighted by molar-refractivity contribution is -0.120. The van der Waals surface area contributed by atoms with Gasteiger partial charge >= 0.3 is 0 Å². The molecule has 2 aromatic heterocycles. The van der Waals surface area contributed by atoms with Crippen LogP contribution in [-0.2, 0) is 11.3 Å². The van der Waals surface area contributed by atoms with Gasteiger partial charge in [0.05, 0.1) is 22.9 Å². The number of benzene rings is 2. The van der Waals surface area contributed by atoms with Crippen LogP contribution in [0.15, 0.2) is 71.2 Å². The zero-order chi connectivity index (χ0) is 22.5. The van der Waals surface area contributed by atoms with Crippen molar-refractivity contribution in [2.24, 2.45) is 0 Å². The van der Waals surface area contributed by atoms with E-state index in [2.05, 4.69) is 15.5 Å². The Balaban J connectivity index is 1.58. The standard InChI is InChI=1S/C23H21ClN4O2S2/c1-15(22(29)25-14-16-9-11-17(24)12-10-16)32-23-27-26-21(20-8-5-13-31-20)28(23)18-6-3-4-7-19(18)30-2/h3-13,15H,14H2,1-2H3,(H,25,29). The zero-order valence-electron chi connectivity index (χ0n) is 17.5. The third kappa shape index (κ3) is 4.98. The molecule has 1 N–H and O–H groups in total. The minimum Gasteiger partial charge on any atom is -0.495 e. The first kappa shape index (κ1) is 22.4. The number of hydrogen-bond acceptors (Lipinski definition) is 6. The molecule has 0 fully saturated rings. The van der Waals surface area contributed by atoms with Crippen LogP contribution in [0, 0.1) is 0 Å². The van der Waals surface area contributed by atoms with Crippen LogP contribution < -0.4 is 10.1 Å². The van der Waals surface area contributed by atoms with Gasteiger partial charge in [-0.3, -0.25) is 9.36 Å². The van der Waals surface area contributed by atoms with Crippen molar-refractivity contribution in [3.05, 3.63) is 76.6 Å². The van der Waals surface area contributed by atoms with Gasteiger partial charge in [-0.1, -0.05) is 53.7 Å². The molecule has 0 spiro atoms. The Morgan fingerprint density at radius 1 is 1.16 bits per heavy atom. The maximum atomic E-state index is 12.8. The molecule has 2 heterocycles.